The van der Waals surface area contributed by atoms with Crippen molar-refractivity contribution in [3.05, 3.63) is 53.7 Å². The Hall–Kier alpha value is -2.77. The van der Waals surface area contributed by atoms with Gasteiger partial charge in [-0.05, 0) is 18.1 Å². The SMILES string of the molecule is NC(=O)c1c(F)cc(F)cc1C[CH]C(=O)Nc1ncc[nH]1. The minimum Gasteiger partial charge on any atom is -0.365 e. The molecule has 0 saturated carbocycles. The molecule has 1 heterocycles. The fourth-order valence-electron chi connectivity index (χ4n) is 1.77. The van der Waals surface area contributed by atoms with E-state index in [1.807, 2.05) is 0 Å². The molecule has 6 nitrogen and oxygen atoms in total. The maximum absolute atomic E-state index is 13.5. The van der Waals surface area contributed by atoms with Gasteiger partial charge in [0, 0.05) is 18.5 Å². The van der Waals surface area contributed by atoms with E-state index < -0.39 is 29.0 Å². The van der Waals surface area contributed by atoms with Crippen molar-refractivity contribution in [2.24, 2.45) is 5.73 Å². The zero-order valence-electron chi connectivity index (χ0n) is 10.7. The summed E-state index contributed by atoms with van der Waals surface area (Å²) in [5.74, 6) is -3.24. The van der Waals surface area contributed by atoms with Crippen molar-refractivity contribution in [3.63, 3.8) is 0 Å². The first-order valence-electron chi connectivity index (χ1n) is 5.88. The van der Waals surface area contributed by atoms with Gasteiger partial charge >= 0.3 is 0 Å². The molecule has 109 valence electrons. The summed E-state index contributed by atoms with van der Waals surface area (Å²) >= 11 is 0. The molecule has 2 amide bonds. The summed E-state index contributed by atoms with van der Waals surface area (Å²) in [7, 11) is 0. The first-order chi connectivity index (χ1) is 9.97. The van der Waals surface area contributed by atoms with Crippen LogP contribution in [0.15, 0.2) is 24.5 Å². The van der Waals surface area contributed by atoms with Gasteiger partial charge in [-0.2, -0.15) is 0 Å². The predicted octanol–water partition coefficient (Wildman–Crippen LogP) is 1.17. The predicted molar refractivity (Wildman–Crippen MR) is 70.1 cm³/mol. The molecular formula is C13H11F2N4O2. The van der Waals surface area contributed by atoms with Gasteiger partial charge in [0.2, 0.25) is 11.9 Å². The normalized spacial score (nSPS) is 10.4. The van der Waals surface area contributed by atoms with E-state index in [0.717, 1.165) is 12.5 Å². The number of imidazole rings is 1. The van der Waals surface area contributed by atoms with Gasteiger partial charge in [0.05, 0.1) is 12.0 Å². The molecule has 0 aliphatic heterocycles. The van der Waals surface area contributed by atoms with Crippen LogP contribution < -0.4 is 11.1 Å². The van der Waals surface area contributed by atoms with Crippen LogP contribution in [0.25, 0.3) is 0 Å². The first kappa shape index (κ1) is 14.6. The van der Waals surface area contributed by atoms with Gasteiger partial charge in [-0.25, -0.2) is 13.8 Å². The third-order valence-electron chi connectivity index (χ3n) is 2.63. The Morgan fingerprint density at radius 1 is 1.38 bits per heavy atom. The lowest BCUT2D eigenvalue weighted by Gasteiger charge is -2.08. The Bertz CT molecular complexity index is 671. The third kappa shape index (κ3) is 3.62. The van der Waals surface area contributed by atoms with Gasteiger partial charge in [-0.3, -0.25) is 14.9 Å². The summed E-state index contributed by atoms with van der Waals surface area (Å²) in [5, 5.41) is 2.41. The van der Waals surface area contributed by atoms with Crippen molar-refractivity contribution in [3.8, 4) is 0 Å². The number of halogens is 2. The lowest BCUT2D eigenvalue weighted by atomic mass is 10.0. The molecule has 0 unspecified atom stereocenters. The number of carbonyl (C=O) groups is 2. The van der Waals surface area contributed by atoms with Crippen molar-refractivity contribution < 1.29 is 18.4 Å². The average Bonchev–Trinajstić information content (AvgIpc) is 2.87. The van der Waals surface area contributed by atoms with E-state index in [1.165, 1.54) is 12.4 Å². The van der Waals surface area contributed by atoms with Crippen LogP contribution in [-0.4, -0.2) is 21.8 Å². The molecule has 4 N–H and O–H groups in total. The van der Waals surface area contributed by atoms with Crippen LogP contribution in [0.3, 0.4) is 0 Å². The highest BCUT2D eigenvalue weighted by Crippen LogP contribution is 2.17. The molecule has 2 rings (SSSR count). The zero-order chi connectivity index (χ0) is 15.4. The largest absolute Gasteiger partial charge is 0.365 e. The summed E-state index contributed by atoms with van der Waals surface area (Å²) in [6, 6.07) is 1.52. The van der Waals surface area contributed by atoms with Gasteiger partial charge in [0.15, 0.2) is 0 Å². The van der Waals surface area contributed by atoms with E-state index in [1.54, 1.807) is 0 Å². The Kier molecular flexibility index (Phi) is 4.27. The second kappa shape index (κ2) is 6.12. The molecule has 0 spiro atoms. The molecule has 1 radical (unpaired) electrons. The number of primary amides is 1. The monoisotopic (exact) mass is 293 g/mol. The molecule has 1 aromatic heterocycles. The van der Waals surface area contributed by atoms with Gasteiger partial charge in [0.1, 0.15) is 11.6 Å². The fourth-order valence-corrected chi connectivity index (χ4v) is 1.77. The molecule has 8 heteroatoms. The van der Waals surface area contributed by atoms with Crippen LogP contribution in [-0.2, 0) is 11.2 Å². The maximum Gasteiger partial charge on any atom is 0.251 e. The van der Waals surface area contributed by atoms with Crippen LogP contribution in [0.1, 0.15) is 15.9 Å². The third-order valence-corrected chi connectivity index (χ3v) is 2.63. The highest BCUT2D eigenvalue weighted by atomic mass is 19.1. The number of amides is 2. The van der Waals surface area contributed by atoms with Gasteiger partial charge in [-0.15, -0.1) is 0 Å². The van der Waals surface area contributed by atoms with Crippen LogP contribution in [0.2, 0.25) is 0 Å². The van der Waals surface area contributed by atoms with Crippen LogP contribution >= 0.6 is 0 Å². The first-order valence-corrected chi connectivity index (χ1v) is 5.88. The van der Waals surface area contributed by atoms with Crippen LogP contribution in [0.4, 0.5) is 14.7 Å². The van der Waals surface area contributed by atoms with Crippen molar-refractivity contribution >= 4 is 17.8 Å². The van der Waals surface area contributed by atoms with Crippen molar-refractivity contribution in [1.29, 1.82) is 0 Å². The number of hydrogen-bond donors (Lipinski definition) is 3. The number of hydrogen-bond acceptors (Lipinski definition) is 3. The van der Waals surface area contributed by atoms with Crippen molar-refractivity contribution in [2.75, 3.05) is 5.32 Å². The van der Waals surface area contributed by atoms with Gasteiger partial charge in [0.25, 0.3) is 5.91 Å². The van der Waals surface area contributed by atoms with Gasteiger partial charge < -0.3 is 10.7 Å². The number of carbonyl (C=O) groups excluding carboxylic acids is 2. The smallest absolute Gasteiger partial charge is 0.251 e. The van der Waals surface area contributed by atoms with E-state index in [2.05, 4.69) is 15.3 Å². The molecule has 0 fully saturated rings. The summed E-state index contributed by atoms with van der Waals surface area (Å²) in [4.78, 5) is 29.2. The highest BCUT2D eigenvalue weighted by Gasteiger charge is 2.17. The van der Waals surface area contributed by atoms with E-state index in [-0.39, 0.29) is 17.9 Å². The number of aromatic nitrogens is 2. The topological polar surface area (TPSA) is 101 Å². The Labute approximate surface area is 118 Å². The summed E-state index contributed by atoms with van der Waals surface area (Å²) in [5.41, 5.74) is 4.61. The molecular weight excluding hydrogens is 282 g/mol. The lowest BCUT2D eigenvalue weighted by Crippen LogP contribution is -2.19. The number of H-pyrrole nitrogens is 1. The Morgan fingerprint density at radius 3 is 2.76 bits per heavy atom. The minimum absolute atomic E-state index is 0.00500. The maximum atomic E-state index is 13.5. The quantitative estimate of drug-likeness (QED) is 0.771. The molecule has 21 heavy (non-hydrogen) atoms. The van der Waals surface area contributed by atoms with Crippen LogP contribution in [0.5, 0.6) is 0 Å². The van der Waals surface area contributed by atoms with E-state index in [0.29, 0.717) is 6.07 Å². The van der Waals surface area contributed by atoms with Crippen molar-refractivity contribution in [2.45, 2.75) is 6.42 Å². The number of nitrogens with zero attached hydrogens (tertiary/aromatic N) is 1. The number of nitrogens with one attached hydrogen (secondary N) is 2. The van der Waals surface area contributed by atoms with Crippen molar-refractivity contribution in [1.82, 2.24) is 9.97 Å². The number of benzene rings is 1. The second-order valence-corrected chi connectivity index (χ2v) is 4.12. The zero-order valence-corrected chi connectivity index (χ0v) is 10.7. The summed E-state index contributed by atoms with van der Waals surface area (Å²) in [6.45, 7) is 0. The van der Waals surface area contributed by atoms with E-state index in [9.17, 15) is 18.4 Å². The van der Waals surface area contributed by atoms with Crippen LogP contribution in [0, 0.1) is 18.1 Å². The Morgan fingerprint density at radius 2 is 2.14 bits per heavy atom. The molecule has 0 aliphatic rings. The average molecular weight is 293 g/mol. The fraction of sp³-hybridized carbons (Fsp3) is 0.0769. The molecule has 0 aliphatic carbocycles. The number of rotatable bonds is 5. The summed E-state index contributed by atoms with van der Waals surface area (Å²) in [6.07, 6.45) is 3.94. The molecule has 1 aromatic carbocycles. The molecule has 0 bridgehead atoms. The summed E-state index contributed by atoms with van der Waals surface area (Å²) < 4.78 is 26.7. The minimum atomic E-state index is -1.06. The van der Waals surface area contributed by atoms with Gasteiger partial charge in [-0.1, -0.05) is 0 Å². The molecule has 2 aromatic rings. The van der Waals surface area contributed by atoms with E-state index >= 15 is 0 Å². The number of aromatic amines is 1. The lowest BCUT2D eigenvalue weighted by molar-refractivity contribution is -0.113. The molecule has 0 saturated heterocycles. The highest BCUT2D eigenvalue weighted by molar-refractivity contribution is 5.97. The second-order valence-electron chi connectivity index (χ2n) is 4.12. The van der Waals surface area contributed by atoms with E-state index in [4.69, 9.17) is 5.73 Å². The number of anilines is 1. The standard InChI is InChI=1S/C13H11F2N4O2/c14-8-5-7(11(12(16)21)9(15)6-8)1-2-10(20)19-13-17-3-4-18-13/h2-6H,1H2,(H2,16,21)(H2,17,18,19,20). The number of nitrogens with two attached hydrogens (primary N) is 1. The molecule has 0 atom stereocenters. The Balaban J connectivity index is 2.09.